The Labute approximate surface area is 171 Å². The highest BCUT2D eigenvalue weighted by atomic mass is 32.1. The first-order chi connectivity index (χ1) is 14.0. The number of rotatable bonds is 5. The van der Waals surface area contributed by atoms with Gasteiger partial charge in [0.15, 0.2) is 11.2 Å². The van der Waals surface area contributed by atoms with E-state index < -0.39 is 6.10 Å². The molecule has 29 heavy (non-hydrogen) atoms. The largest absolute Gasteiger partial charge is 0.497 e. The van der Waals surface area contributed by atoms with Crippen LogP contribution in [0.15, 0.2) is 47.8 Å². The Hall–Kier alpha value is -3.39. The maximum atomic E-state index is 12.4. The van der Waals surface area contributed by atoms with Crippen LogP contribution in [0.25, 0.3) is 11.3 Å². The lowest BCUT2D eigenvalue weighted by Crippen LogP contribution is -2.39. The van der Waals surface area contributed by atoms with Gasteiger partial charge in [-0.05, 0) is 36.8 Å². The van der Waals surface area contributed by atoms with Crippen molar-refractivity contribution >= 4 is 34.0 Å². The number of carbonyl (C=O) groups excluding carboxylic acids is 2. The van der Waals surface area contributed by atoms with Gasteiger partial charge in [-0.2, -0.15) is 0 Å². The van der Waals surface area contributed by atoms with Crippen molar-refractivity contribution < 1.29 is 19.1 Å². The Balaban J connectivity index is 1.41. The number of ether oxygens (including phenoxy) is 2. The molecule has 4 rings (SSSR count). The van der Waals surface area contributed by atoms with Crippen LogP contribution in [-0.2, 0) is 9.59 Å². The molecule has 1 aliphatic heterocycles. The smallest absolute Gasteiger partial charge is 0.266 e. The molecule has 7 nitrogen and oxygen atoms in total. The number of fused-ring (bicyclic) bond motifs is 1. The van der Waals surface area contributed by atoms with Crippen LogP contribution in [0.3, 0.4) is 0 Å². The van der Waals surface area contributed by atoms with Gasteiger partial charge in [-0.1, -0.05) is 18.2 Å². The fourth-order valence-electron chi connectivity index (χ4n) is 2.98. The molecule has 1 aromatic heterocycles. The third-order valence-electron chi connectivity index (χ3n) is 4.44. The maximum Gasteiger partial charge on any atom is 0.266 e. The Morgan fingerprint density at radius 2 is 2.17 bits per heavy atom. The molecule has 2 heterocycles. The van der Waals surface area contributed by atoms with Gasteiger partial charge < -0.3 is 20.1 Å². The molecule has 3 aromatic rings. The molecule has 1 aliphatic rings. The summed E-state index contributed by atoms with van der Waals surface area (Å²) in [6.07, 6.45) is -0.990. The Morgan fingerprint density at radius 3 is 3.00 bits per heavy atom. The second kappa shape index (κ2) is 7.92. The number of nitrogens with zero attached hydrogens (tertiary/aromatic N) is 1. The molecule has 0 aliphatic carbocycles. The number of carbonyl (C=O) groups is 2. The summed E-state index contributed by atoms with van der Waals surface area (Å²) in [7, 11) is 1.61. The standard InChI is InChI=1S/C21H19N3O4S/c1-12-6-7-17-15(8-12)22-20(26)18(28-17)10-19(25)24-21-23-16(11-29-21)13-4-3-5-14(9-13)27-2/h3-9,11,18H,10H2,1-2H3,(H,22,26)(H,23,24,25). The summed E-state index contributed by atoms with van der Waals surface area (Å²) in [6, 6.07) is 13.0. The first kappa shape index (κ1) is 18.9. The van der Waals surface area contributed by atoms with Gasteiger partial charge in [0, 0.05) is 10.9 Å². The predicted octanol–water partition coefficient (Wildman–Crippen LogP) is 3.86. The Bertz CT molecular complexity index is 1080. The van der Waals surface area contributed by atoms with Crippen LogP contribution in [0.5, 0.6) is 11.5 Å². The summed E-state index contributed by atoms with van der Waals surface area (Å²) in [4.78, 5) is 29.1. The van der Waals surface area contributed by atoms with E-state index in [9.17, 15) is 9.59 Å². The minimum atomic E-state index is -0.886. The van der Waals surface area contributed by atoms with E-state index in [-0.39, 0.29) is 18.2 Å². The number of aromatic nitrogens is 1. The molecule has 0 radical (unpaired) electrons. The molecule has 148 valence electrons. The molecule has 0 spiro atoms. The van der Waals surface area contributed by atoms with Crippen LogP contribution < -0.4 is 20.1 Å². The predicted molar refractivity (Wildman–Crippen MR) is 112 cm³/mol. The molecule has 1 unspecified atom stereocenters. The molecule has 2 amide bonds. The number of benzene rings is 2. The highest BCUT2D eigenvalue weighted by Gasteiger charge is 2.30. The van der Waals surface area contributed by atoms with Gasteiger partial charge in [-0.25, -0.2) is 4.98 Å². The van der Waals surface area contributed by atoms with E-state index in [1.165, 1.54) is 11.3 Å². The molecule has 1 atom stereocenters. The summed E-state index contributed by atoms with van der Waals surface area (Å²) >= 11 is 1.31. The van der Waals surface area contributed by atoms with Gasteiger partial charge >= 0.3 is 0 Å². The van der Waals surface area contributed by atoms with Crippen molar-refractivity contribution in [3.8, 4) is 22.8 Å². The van der Waals surface area contributed by atoms with E-state index in [4.69, 9.17) is 9.47 Å². The van der Waals surface area contributed by atoms with Crippen LogP contribution in [-0.4, -0.2) is 30.0 Å². The molecule has 0 bridgehead atoms. The maximum absolute atomic E-state index is 12.4. The summed E-state index contributed by atoms with van der Waals surface area (Å²) in [6.45, 7) is 1.93. The third kappa shape index (κ3) is 4.22. The normalized spacial score (nSPS) is 15.1. The van der Waals surface area contributed by atoms with Crippen LogP contribution in [0.4, 0.5) is 10.8 Å². The second-order valence-electron chi connectivity index (χ2n) is 6.62. The quantitative estimate of drug-likeness (QED) is 0.668. The lowest BCUT2D eigenvalue weighted by atomic mass is 10.1. The van der Waals surface area contributed by atoms with Crippen LogP contribution in [0.2, 0.25) is 0 Å². The monoisotopic (exact) mass is 409 g/mol. The van der Waals surface area contributed by atoms with Gasteiger partial charge in [-0.15, -0.1) is 11.3 Å². The number of hydrogen-bond donors (Lipinski definition) is 2. The number of amides is 2. The van der Waals surface area contributed by atoms with Crippen LogP contribution >= 0.6 is 11.3 Å². The van der Waals surface area contributed by atoms with Crippen molar-refractivity contribution in [2.45, 2.75) is 19.4 Å². The SMILES string of the molecule is COc1cccc(-c2csc(NC(=O)CC3Oc4ccc(C)cc4NC3=O)n2)c1. The van der Waals surface area contributed by atoms with Crippen LogP contribution in [0.1, 0.15) is 12.0 Å². The van der Waals surface area contributed by atoms with Crippen molar-refractivity contribution in [3.63, 3.8) is 0 Å². The zero-order chi connectivity index (χ0) is 20.4. The highest BCUT2D eigenvalue weighted by Crippen LogP contribution is 2.31. The Morgan fingerprint density at radius 1 is 1.31 bits per heavy atom. The average Bonchev–Trinajstić information content (AvgIpc) is 3.17. The number of nitrogens with one attached hydrogen (secondary N) is 2. The molecule has 0 saturated carbocycles. The lowest BCUT2D eigenvalue weighted by Gasteiger charge is -2.25. The number of aryl methyl sites for hydroxylation is 1. The van der Waals surface area contributed by atoms with Crippen LogP contribution in [0, 0.1) is 6.92 Å². The minimum absolute atomic E-state index is 0.104. The zero-order valence-electron chi connectivity index (χ0n) is 15.9. The first-order valence-electron chi connectivity index (χ1n) is 9.00. The van der Waals surface area contributed by atoms with Crippen molar-refractivity contribution in [2.24, 2.45) is 0 Å². The molecule has 0 saturated heterocycles. The van der Waals surface area contributed by atoms with E-state index in [1.807, 2.05) is 48.7 Å². The molecule has 8 heteroatoms. The third-order valence-corrected chi connectivity index (χ3v) is 5.20. The lowest BCUT2D eigenvalue weighted by molar-refractivity contribution is -0.128. The van der Waals surface area contributed by atoms with Gasteiger partial charge in [0.05, 0.1) is 24.9 Å². The van der Waals surface area contributed by atoms with Gasteiger partial charge in [0.2, 0.25) is 5.91 Å². The summed E-state index contributed by atoms with van der Waals surface area (Å²) < 4.78 is 10.9. The van der Waals surface area contributed by atoms with Crippen molar-refractivity contribution in [2.75, 3.05) is 17.7 Å². The summed E-state index contributed by atoms with van der Waals surface area (Å²) in [5.74, 6) is 0.612. The molecule has 2 N–H and O–H groups in total. The van der Waals surface area contributed by atoms with E-state index in [0.29, 0.717) is 16.6 Å². The molecular formula is C21H19N3O4S. The molecule has 2 aromatic carbocycles. The van der Waals surface area contributed by atoms with Gasteiger partial charge in [0.25, 0.3) is 5.91 Å². The number of anilines is 2. The number of methoxy groups -OCH3 is 1. The van der Waals surface area contributed by atoms with Crippen molar-refractivity contribution in [3.05, 3.63) is 53.4 Å². The fraction of sp³-hybridized carbons (Fsp3) is 0.190. The van der Waals surface area contributed by atoms with E-state index >= 15 is 0 Å². The second-order valence-corrected chi connectivity index (χ2v) is 7.48. The zero-order valence-corrected chi connectivity index (χ0v) is 16.7. The topological polar surface area (TPSA) is 89.5 Å². The van der Waals surface area contributed by atoms with E-state index in [2.05, 4.69) is 15.6 Å². The molecular weight excluding hydrogens is 390 g/mol. The number of hydrogen-bond acceptors (Lipinski definition) is 6. The fourth-order valence-corrected chi connectivity index (χ4v) is 3.72. The van der Waals surface area contributed by atoms with Crippen molar-refractivity contribution in [1.29, 1.82) is 0 Å². The Kier molecular flexibility index (Phi) is 5.18. The minimum Gasteiger partial charge on any atom is -0.497 e. The van der Waals surface area contributed by atoms with E-state index in [0.717, 1.165) is 22.6 Å². The highest BCUT2D eigenvalue weighted by molar-refractivity contribution is 7.14. The van der Waals surface area contributed by atoms with E-state index in [1.54, 1.807) is 13.2 Å². The van der Waals surface area contributed by atoms with Crippen molar-refractivity contribution in [1.82, 2.24) is 4.98 Å². The molecule has 0 fully saturated rings. The van der Waals surface area contributed by atoms with Gasteiger partial charge in [0.1, 0.15) is 11.5 Å². The number of thiazole rings is 1. The average molecular weight is 409 g/mol. The summed E-state index contributed by atoms with van der Waals surface area (Å²) in [5, 5.41) is 7.84. The first-order valence-corrected chi connectivity index (χ1v) is 9.88. The summed E-state index contributed by atoms with van der Waals surface area (Å²) in [5.41, 5.74) is 3.26. The van der Waals surface area contributed by atoms with Gasteiger partial charge in [-0.3, -0.25) is 9.59 Å².